The molecule has 0 aliphatic rings. The van der Waals surface area contributed by atoms with Crippen LogP contribution in [0.5, 0.6) is 0 Å². The molecule has 0 heterocycles. The van der Waals surface area contributed by atoms with Gasteiger partial charge in [0.2, 0.25) is 0 Å². The minimum absolute atomic E-state index is 0.265. The van der Waals surface area contributed by atoms with Crippen molar-refractivity contribution >= 4 is 68.4 Å². The summed E-state index contributed by atoms with van der Waals surface area (Å²) in [7, 11) is 0. The lowest BCUT2D eigenvalue weighted by Crippen LogP contribution is -2.50. The third kappa shape index (κ3) is 5.72. The standard InChI is InChI=1S/C23H11F9I2N2O2/c24-13-6-2-1-4-11(13)19(37)35-16-7-3-5-12(17(16)25)20(38)36-18-14(33)8-10(9-15(18)34)21(26,22(27,28)29)23(30,31)32/h1-9H,(H,35,37)(H,36,38). The van der Waals surface area contributed by atoms with Crippen molar-refractivity contribution in [2.24, 2.45) is 0 Å². The van der Waals surface area contributed by atoms with Gasteiger partial charge in [-0.25, -0.2) is 13.2 Å². The molecule has 0 aliphatic carbocycles. The highest BCUT2D eigenvalue weighted by molar-refractivity contribution is 14.1. The van der Waals surface area contributed by atoms with Crippen LogP contribution in [-0.2, 0) is 5.67 Å². The Morgan fingerprint density at radius 2 is 1.18 bits per heavy atom. The Bertz CT molecular complexity index is 1370. The lowest BCUT2D eigenvalue weighted by atomic mass is 9.94. The molecule has 4 nitrogen and oxygen atoms in total. The van der Waals surface area contributed by atoms with Crippen LogP contribution in [0.1, 0.15) is 26.3 Å². The molecule has 0 saturated heterocycles. The van der Waals surface area contributed by atoms with E-state index in [1.165, 1.54) is 57.3 Å². The topological polar surface area (TPSA) is 58.2 Å². The number of carbonyl (C=O) groups excluding carboxylic acids is 2. The zero-order valence-electron chi connectivity index (χ0n) is 18.2. The van der Waals surface area contributed by atoms with Gasteiger partial charge in [-0.1, -0.05) is 18.2 Å². The molecule has 0 fully saturated rings. The highest BCUT2D eigenvalue weighted by Crippen LogP contribution is 2.54. The van der Waals surface area contributed by atoms with Crippen molar-refractivity contribution in [3.63, 3.8) is 0 Å². The molecule has 3 aromatic rings. The summed E-state index contributed by atoms with van der Waals surface area (Å²) < 4.78 is 121. The molecular weight excluding hydrogens is 761 g/mol. The van der Waals surface area contributed by atoms with Gasteiger partial charge in [-0.2, -0.15) is 26.3 Å². The van der Waals surface area contributed by atoms with Gasteiger partial charge in [0.1, 0.15) is 5.82 Å². The smallest absolute Gasteiger partial charge is 0.320 e. The summed E-state index contributed by atoms with van der Waals surface area (Å²) >= 11 is 2.59. The van der Waals surface area contributed by atoms with Crippen LogP contribution in [0.15, 0.2) is 54.6 Å². The van der Waals surface area contributed by atoms with Gasteiger partial charge in [-0.05, 0) is 81.6 Å². The van der Waals surface area contributed by atoms with Crippen LogP contribution in [-0.4, -0.2) is 24.2 Å². The lowest BCUT2D eigenvalue weighted by Gasteiger charge is -2.31. The number of nitrogens with one attached hydrogen (secondary N) is 2. The van der Waals surface area contributed by atoms with Crippen molar-refractivity contribution in [3.8, 4) is 0 Å². The average molecular weight is 772 g/mol. The van der Waals surface area contributed by atoms with Crippen LogP contribution >= 0.6 is 45.2 Å². The van der Waals surface area contributed by atoms with Crippen molar-refractivity contribution in [2.45, 2.75) is 18.0 Å². The van der Waals surface area contributed by atoms with E-state index in [4.69, 9.17) is 0 Å². The van der Waals surface area contributed by atoms with Gasteiger partial charge in [0, 0.05) is 12.7 Å². The van der Waals surface area contributed by atoms with Crippen LogP contribution in [0, 0.1) is 18.8 Å². The molecule has 0 spiro atoms. The number of carbonyl (C=O) groups is 2. The predicted molar refractivity (Wildman–Crippen MR) is 135 cm³/mol. The molecule has 0 aromatic heterocycles. The quantitative estimate of drug-likeness (QED) is 0.204. The number of halogens is 11. The molecule has 2 amide bonds. The second kappa shape index (κ2) is 10.9. The summed E-state index contributed by atoms with van der Waals surface area (Å²) in [4.78, 5) is 25.0. The Labute approximate surface area is 235 Å². The highest BCUT2D eigenvalue weighted by Gasteiger charge is 2.73. The highest BCUT2D eigenvalue weighted by atomic mass is 127. The fraction of sp³-hybridized carbons (Fsp3) is 0.130. The Kier molecular flexibility index (Phi) is 8.59. The van der Waals surface area contributed by atoms with Crippen LogP contribution in [0.25, 0.3) is 0 Å². The Morgan fingerprint density at radius 3 is 1.71 bits per heavy atom. The number of benzene rings is 3. The second-order valence-corrected chi connectivity index (χ2v) is 9.85. The van der Waals surface area contributed by atoms with Gasteiger partial charge in [0.15, 0.2) is 5.82 Å². The van der Waals surface area contributed by atoms with Crippen LogP contribution < -0.4 is 10.6 Å². The van der Waals surface area contributed by atoms with Crippen LogP contribution in [0.2, 0.25) is 0 Å². The third-order valence-corrected chi connectivity index (χ3v) is 6.77. The Morgan fingerprint density at radius 1 is 0.684 bits per heavy atom. The molecule has 15 heteroatoms. The molecule has 202 valence electrons. The number of amides is 2. The summed E-state index contributed by atoms with van der Waals surface area (Å²) in [6.45, 7) is 0. The summed E-state index contributed by atoms with van der Waals surface area (Å²) in [5.41, 5.74) is -9.34. The number of rotatable bonds is 5. The van der Waals surface area contributed by atoms with Crippen molar-refractivity contribution in [1.82, 2.24) is 0 Å². The van der Waals surface area contributed by atoms with Crippen molar-refractivity contribution in [1.29, 1.82) is 0 Å². The molecule has 0 unspecified atom stereocenters. The molecule has 0 atom stereocenters. The van der Waals surface area contributed by atoms with Crippen LogP contribution in [0.3, 0.4) is 0 Å². The first-order chi connectivity index (χ1) is 17.5. The first kappa shape index (κ1) is 30.0. The minimum atomic E-state index is -6.33. The molecule has 0 aliphatic heterocycles. The zero-order chi connectivity index (χ0) is 28.6. The summed E-state index contributed by atoms with van der Waals surface area (Å²) in [6, 6.07) is 8.57. The van der Waals surface area contributed by atoms with Gasteiger partial charge in [-0.3, -0.25) is 9.59 Å². The van der Waals surface area contributed by atoms with Gasteiger partial charge >= 0.3 is 18.0 Å². The summed E-state index contributed by atoms with van der Waals surface area (Å²) in [6.07, 6.45) is -12.7. The number of alkyl halides is 7. The first-order valence-electron chi connectivity index (χ1n) is 9.96. The van der Waals surface area contributed by atoms with E-state index in [-0.39, 0.29) is 17.8 Å². The van der Waals surface area contributed by atoms with E-state index in [9.17, 15) is 44.7 Å². The Hall–Kier alpha value is -2.57. The predicted octanol–water partition coefficient (Wildman–Crippen LogP) is 7.97. The minimum Gasteiger partial charge on any atom is -0.320 e. The normalized spacial score (nSPS) is 12.3. The van der Waals surface area contributed by atoms with Gasteiger partial charge < -0.3 is 10.6 Å². The van der Waals surface area contributed by atoms with E-state index in [1.54, 1.807) is 0 Å². The maximum absolute atomic E-state index is 15.0. The summed E-state index contributed by atoms with van der Waals surface area (Å²) in [5.74, 6) is -4.36. The van der Waals surface area contributed by atoms with E-state index in [0.717, 1.165) is 30.3 Å². The van der Waals surface area contributed by atoms with Gasteiger partial charge in [0.05, 0.1) is 22.5 Å². The van der Waals surface area contributed by atoms with Crippen molar-refractivity contribution in [3.05, 3.63) is 90.1 Å². The maximum atomic E-state index is 15.0. The first-order valence-corrected chi connectivity index (χ1v) is 12.1. The van der Waals surface area contributed by atoms with E-state index in [0.29, 0.717) is 0 Å². The van der Waals surface area contributed by atoms with Crippen molar-refractivity contribution in [2.75, 3.05) is 10.6 Å². The van der Waals surface area contributed by atoms with E-state index in [1.807, 2.05) is 0 Å². The molecule has 38 heavy (non-hydrogen) atoms. The number of anilines is 2. The van der Waals surface area contributed by atoms with Crippen molar-refractivity contribution < 1.29 is 49.1 Å². The summed E-state index contributed by atoms with van der Waals surface area (Å²) in [5, 5.41) is 4.27. The van der Waals surface area contributed by atoms with Crippen LogP contribution in [0.4, 0.5) is 50.9 Å². The molecule has 0 saturated carbocycles. The fourth-order valence-electron chi connectivity index (χ4n) is 3.20. The Balaban J connectivity index is 1.93. The average Bonchev–Trinajstić information content (AvgIpc) is 2.80. The molecule has 0 radical (unpaired) electrons. The van der Waals surface area contributed by atoms with Gasteiger partial charge in [0.25, 0.3) is 11.8 Å². The van der Waals surface area contributed by atoms with Gasteiger partial charge in [-0.15, -0.1) is 0 Å². The van der Waals surface area contributed by atoms with E-state index >= 15 is 4.39 Å². The molecule has 3 rings (SSSR count). The van der Waals surface area contributed by atoms with E-state index in [2.05, 4.69) is 10.6 Å². The largest absolute Gasteiger partial charge is 0.435 e. The monoisotopic (exact) mass is 772 g/mol. The molecular formula is C23H11F9I2N2O2. The number of hydrogen-bond donors (Lipinski definition) is 2. The molecule has 2 N–H and O–H groups in total. The van der Waals surface area contributed by atoms with E-state index < -0.39 is 71.0 Å². The number of hydrogen-bond acceptors (Lipinski definition) is 2. The SMILES string of the molecule is O=C(Nc1cccc(C(=O)Nc2c(I)cc(C(F)(C(F)(F)F)C(F)(F)F)cc2I)c1F)c1ccccc1F. The lowest BCUT2D eigenvalue weighted by molar-refractivity contribution is -0.348. The molecule has 0 bridgehead atoms. The zero-order valence-corrected chi connectivity index (χ0v) is 22.5. The fourth-order valence-corrected chi connectivity index (χ4v) is 5.24. The third-order valence-electron chi connectivity index (χ3n) is 5.07. The second-order valence-electron chi connectivity index (χ2n) is 7.52. The molecule has 3 aromatic carbocycles. The maximum Gasteiger partial charge on any atom is 0.435 e.